The van der Waals surface area contributed by atoms with Crippen LogP contribution in [0.3, 0.4) is 0 Å². The molecule has 0 saturated carbocycles. The molecule has 4 rings (SSSR count). The highest BCUT2D eigenvalue weighted by atomic mass is 16.3. The average molecular weight is 374 g/mol. The lowest BCUT2D eigenvalue weighted by molar-refractivity contribution is 0.465. The highest BCUT2D eigenvalue weighted by Gasteiger charge is 2.10. The molecule has 2 heterocycles. The second-order valence-electron chi connectivity index (χ2n) is 6.89. The summed E-state index contributed by atoms with van der Waals surface area (Å²) in [5, 5.41) is 20.6. The van der Waals surface area contributed by atoms with Gasteiger partial charge in [-0.3, -0.25) is 0 Å². The number of aromatic nitrogens is 4. The molecule has 2 aromatic heterocycles. The highest BCUT2D eigenvalue weighted by Crippen LogP contribution is 2.30. The zero-order valence-electron chi connectivity index (χ0n) is 15.9. The van der Waals surface area contributed by atoms with Crippen LogP contribution in [0.1, 0.15) is 22.8 Å². The van der Waals surface area contributed by atoms with Crippen molar-refractivity contribution in [3.05, 3.63) is 84.0 Å². The molecule has 4 aromatic rings. The lowest BCUT2D eigenvalue weighted by Gasteiger charge is -2.12. The molecule has 6 heteroatoms. The van der Waals surface area contributed by atoms with Gasteiger partial charge in [0, 0.05) is 35.9 Å². The molecule has 2 aromatic carbocycles. The second-order valence-corrected chi connectivity index (χ2v) is 6.89. The molecule has 0 bridgehead atoms. The minimum Gasteiger partial charge on any atom is -0.508 e. The van der Waals surface area contributed by atoms with Gasteiger partial charge < -0.3 is 19.3 Å². The van der Waals surface area contributed by atoms with Gasteiger partial charge in [-0.2, -0.15) is 0 Å². The van der Waals surface area contributed by atoms with E-state index < -0.39 is 0 Å². The monoisotopic (exact) mass is 374 g/mol. The molecule has 28 heavy (non-hydrogen) atoms. The Hall–Kier alpha value is -3.54. The first-order chi connectivity index (χ1) is 13.5. The fourth-order valence-corrected chi connectivity index (χ4v) is 3.29. The fourth-order valence-electron chi connectivity index (χ4n) is 3.29. The predicted molar refractivity (Wildman–Crippen MR) is 107 cm³/mol. The number of nitrogens with zero attached hydrogens (tertiary/aromatic N) is 4. The van der Waals surface area contributed by atoms with Gasteiger partial charge in [0.1, 0.15) is 23.1 Å². The van der Waals surface area contributed by atoms with Crippen molar-refractivity contribution in [2.24, 2.45) is 0 Å². The molecular weight excluding hydrogens is 352 g/mol. The van der Waals surface area contributed by atoms with Crippen molar-refractivity contribution < 1.29 is 10.2 Å². The number of aryl methyl sites for hydroxylation is 2. The van der Waals surface area contributed by atoms with Crippen molar-refractivity contribution in [1.29, 1.82) is 0 Å². The Morgan fingerprint density at radius 1 is 0.714 bits per heavy atom. The largest absolute Gasteiger partial charge is 0.508 e. The summed E-state index contributed by atoms with van der Waals surface area (Å²) in [6, 6.07) is 11.2. The maximum absolute atomic E-state index is 10.3. The third-order valence-corrected chi connectivity index (χ3v) is 5.02. The Morgan fingerprint density at radius 3 is 1.50 bits per heavy atom. The summed E-state index contributed by atoms with van der Waals surface area (Å²) in [4.78, 5) is 8.47. The summed E-state index contributed by atoms with van der Waals surface area (Å²) in [6.45, 7) is 4.96. The summed E-state index contributed by atoms with van der Waals surface area (Å²) in [6.07, 6.45) is 7.29. The number of benzene rings is 2. The van der Waals surface area contributed by atoms with Crippen molar-refractivity contribution in [3.8, 4) is 22.6 Å². The number of imidazole rings is 2. The first-order valence-corrected chi connectivity index (χ1v) is 9.11. The Bertz CT molecular complexity index is 1040. The Balaban J connectivity index is 1.67. The minimum atomic E-state index is 0.255. The van der Waals surface area contributed by atoms with Gasteiger partial charge in [0.15, 0.2) is 0 Å². The molecule has 6 nitrogen and oxygen atoms in total. The van der Waals surface area contributed by atoms with Gasteiger partial charge in [-0.15, -0.1) is 0 Å². The van der Waals surface area contributed by atoms with Crippen LogP contribution in [0.2, 0.25) is 0 Å². The number of phenolic OH excluding ortho intramolecular Hbond substituents is 2. The number of hydrogen-bond acceptors (Lipinski definition) is 4. The van der Waals surface area contributed by atoms with Gasteiger partial charge >= 0.3 is 0 Å². The van der Waals surface area contributed by atoms with Crippen LogP contribution < -0.4 is 0 Å². The van der Waals surface area contributed by atoms with E-state index in [0.717, 1.165) is 33.9 Å². The minimum absolute atomic E-state index is 0.255. The number of aromatic hydroxyl groups is 2. The summed E-state index contributed by atoms with van der Waals surface area (Å²) in [5.74, 6) is 2.30. The highest BCUT2D eigenvalue weighted by molar-refractivity contribution is 5.67. The van der Waals surface area contributed by atoms with Gasteiger partial charge in [-0.05, 0) is 49.2 Å². The number of hydrogen-bond donors (Lipinski definition) is 2. The lowest BCUT2D eigenvalue weighted by atomic mass is 9.99. The van der Waals surface area contributed by atoms with E-state index in [1.54, 1.807) is 24.5 Å². The van der Waals surface area contributed by atoms with Gasteiger partial charge in [0.05, 0.1) is 13.1 Å². The van der Waals surface area contributed by atoms with Gasteiger partial charge in [-0.25, -0.2) is 9.97 Å². The Morgan fingerprint density at radius 2 is 1.14 bits per heavy atom. The molecule has 0 unspecified atom stereocenters. The van der Waals surface area contributed by atoms with Crippen molar-refractivity contribution in [3.63, 3.8) is 0 Å². The van der Waals surface area contributed by atoms with E-state index in [1.165, 1.54) is 0 Å². The summed E-state index contributed by atoms with van der Waals surface area (Å²) in [7, 11) is 0. The van der Waals surface area contributed by atoms with Gasteiger partial charge in [0.25, 0.3) is 0 Å². The summed E-state index contributed by atoms with van der Waals surface area (Å²) >= 11 is 0. The lowest BCUT2D eigenvalue weighted by Crippen LogP contribution is -2.02. The van der Waals surface area contributed by atoms with Crippen LogP contribution in [0.4, 0.5) is 0 Å². The molecule has 0 atom stereocenters. The van der Waals surface area contributed by atoms with Gasteiger partial charge in [-0.1, -0.05) is 12.1 Å². The molecular formula is C22H22N4O2. The third-order valence-electron chi connectivity index (χ3n) is 5.02. The van der Waals surface area contributed by atoms with E-state index in [1.807, 2.05) is 59.6 Å². The molecule has 0 radical (unpaired) electrons. The van der Waals surface area contributed by atoms with E-state index in [2.05, 4.69) is 9.97 Å². The average Bonchev–Trinajstić information content (AvgIpc) is 3.27. The summed E-state index contributed by atoms with van der Waals surface area (Å²) < 4.78 is 3.98. The van der Waals surface area contributed by atoms with Gasteiger partial charge in [0.2, 0.25) is 0 Å². The molecule has 0 aliphatic heterocycles. The summed E-state index contributed by atoms with van der Waals surface area (Å²) in [5.41, 5.74) is 3.60. The van der Waals surface area contributed by atoms with Crippen LogP contribution in [0.15, 0.2) is 61.2 Å². The van der Waals surface area contributed by atoms with Crippen molar-refractivity contribution in [2.45, 2.75) is 26.9 Å². The number of rotatable bonds is 5. The first-order valence-electron chi connectivity index (χ1n) is 9.11. The van der Waals surface area contributed by atoms with Crippen molar-refractivity contribution in [1.82, 2.24) is 19.1 Å². The van der Waals surface area contributed by atoms with Crippen LogP contribution in [0, 0.1) is 13.8 Å². The zero-order valence-corrected chi connectivity index (χ0v) is 15.9. The first kappa shape index (κ1) is 17.9. The van der Waals surface area contributed by atoms with Crippen LogP contribution in [0.5, 0.6) is 11.5 Å². The van der Waals surface area contributed by atoms with E-state index in [9.17, 15) is 10.2 Å². The van der Waals surface area contributed by atoms with E-state index in [4.69, 9.17) is 0 Å². The maximum Gasteiger partial charge on any atom is 0.120 e. The third kappa shape index (κ3) is 3.49. The SMILES string of the molecule is Cc1nccn1Cc1cc(-c2ccc(O)c(Cn3ccnc3C)c2)ccc1O. The zero-order chi connectivity index (χ0) is 19.7. The van der Waals surface area contributed by atoms with E-state index in [-0.39, 0.29) is 11.5 Å². The van der Waals surface area contributed by atoms with Crippen molar-refractivity contribution >= 4 is 0 Å². The van der Waals surface area contributed by atoms with E-state index in [0.29, 0.717) is 13.1 Å². The smallest absolute Gasteiger partial charge is 0.120 e. The van der Waals surface area contributed by atoms with Crippen LogP contribution in [0.25, 0.3) is 11.1 Å². The molecule has 0 saturated heterocycles. The van der Waals surface area contributed by atoms with Crippen molar-refractivity contribution in [2.75, 3.05) is 0 Å². The van der Waals surface area contributed by atoms with Crippen LogP contribution in [-0.4, -0.2) is 29.3 Å². The van der Waals surface area contributed by atoms with Crippen LogP contribution in [-0.2, 0) is 13.1 Å². The van der Waals surface area contributed by atoms with E-state index >= 15 is 0 Å². The molecule has 0 aliphatic carbocycles. The molecule has 2 N–H and O–H groups in total. The quantitative estimate of drug-likeness (QED) is 0.556. The molecule has 0 aliphatic rings. The second kappa shape index (κ2) is 7.23. The van der Waals surface area contributed by atoms with Crippen LogP contribution >= 0.6 is 0 Å². The maximum atomic E-state index is 10.3. The standard InChI is InChI=1S/C22H22N4O2/c1-15-23-7-9-25(15)13-19-11-17(3-5-21(19)27)18-4-6-22(28)20(12-18)14-26-10-8-24-16(26)2/h3-12,27-28H,13-14H2,1-2H3. The fraction of sp³-hybridized carbons (Fsp3) is 0.182. The Labute approximate surface area is 163 Å². The molecule has 142 valence electrons. The topological polar surface area (TPSA) is 76.1 Å². The molecule has 0 spiro atoms. The predicted octanol–water partition coefficient (Wildman–Crippen LogP) is 3.87. The normalized spacial score (nSPS) is 11.1. The number of phenols is 2. The molecule has 0 amide bonds. The molecule has 0 fully saturated rings. The Kier molecular flexibility index (Phi) is 4.61.